The van der Waals surface area contributed by atoms with Gasteiger partial charge in [0.1, 0.15) is 11.4 Å². The summed E-state index contributed by atoms with van der Waals surface area (Å²) in [6.45, 7) is 0.936. The van der Waals surface area contributed by atoms with Crippen molar-refractivity contribution in [3.8, 4) is 0 Å². The normalized spacial score (nSPS) is 23.9. The fourth-order valence-corrected chi connectivity index (χ4v) is 5.12. The minimum absolute atomic E-state index is 0.277. The van der Waals surface area contributed by atoms with Gasteiger partial charge in [0, 0.05) is 18.0 Å². The Morgan fingerprint density at radius 1 is 1.12 bits per heavy atom. The van der Waals surface area contributed by atoms with E-state index in [1.165, 1.54) is 32.1 Å². The van der Waals surface area contributed by atoms with E-state index in [4.69, 9.17) is 0 Å². The number of para-hydroxylation sites is 1. The number of benzene rings is 1. The maximum atomic E-state index is 12.8. The molecule has 0 radical (unpaired) electrons. The molecule has 1 saturated carbocycles. The lowest BCUT2D eigenvalue weighted by Crippen LogP contribution is -2.50. The number of hydrogen-bond acceptors (Lipinski definition) is 4. The summed E-state index contributed by atoms with van der Waals surface area (Å²) in [7, 11) is 0. The van der Waals surface area contributed by atoms with Crippen molar-refractivity contribution >= 4 is 28.6 Å². The van der Waals surface area contributed by atoms with Crippen molar-refractivity contribution in [2.45, 2.75) is 49.6 Å². The molecule has 2 aromatic rings. The standard InChI is InChI=1S/C19H23N3OS/c23-18(22-11-5-7-14-6-1-4-10-17(14)22)12-24-19-15-8-2-3-9-16(15)20-13-21-19/h2-3,8-9,13-14,17H,1,4-7,10-12H2/t14-,17+/m0/s1. The van der Waals surface area contributed by atoms with Gasteiger partial charge in [0.25, 0.3) is 0 Å². The SMILES string of the molecule is O=C(CSc1ncnc2ccccc12)N1CCC[C@@H]2CCCC[C@H]21. The monoisotopic (exact) mass is 341 g/mol. The number of nitrogens with zero attached hydrogens (tertiary/aromatic N) is 3. The highest BCUT2D eigenvalue weighted by Crippen LogP contribution is 2.36. The van der Waals surface area contributed by atoms with Crippen molar-refractivity contribution in [2.24, 2.45) is 5.92 Å². The number of amides is 1. The van der Waals surface area contributed by atoms with Gasteiger partial charge in [-0.3, -0.25) is 4.79 Å². The van der Waals surface area contributed by atoms with Gasteiger partial charge in [0.15, 0.2) is 0 Å². The Bertz CT molecular complexity index is 728. The predicted molar refractivity (Wildman–Crippen MR) is 97.0 cm³/mol. The number of likely N-dealkylation sites (tertiary alicyclic amines) is 1. The van der Waals surface area contributed by atoms with Crippen LogP contribution in [0.1, 0.15) is 38.5 Å². The van der Waals surface area contributed by atoms with Crippen molar-refractivity contribution in [3.63, 3.8) is 0 Å². The quantitative estimate of drug-likeness (QED) is 0.627. The molecule has 2 atom stereocenters. The summed E-state index contributed by atoms with van der Waals surface area (Å²) in [6, 6.07) is 8.48. The first-order chi connectivity index (χ1) is 11.8. The zero-order valence-corrected chi connectivity index (χ0v) is 14.7. The van der Waals surface area contributed by atoms with E-state index in [0.29, 0.717) is 11.8 Å². The predicted octanol–water partition coefficient (Wildman–Crippen LogP) is 3.90. The molecule has 2 aliphatic rings. The Kier molecular flexibility index (Phi) is 4.69. The van der Waals surface area contributed by atoms with Gasteiger partial charge in [-0.05, 0) is 37.7 Å². The van der Waals surface area contributed by atoms with E-state index in [1.807, 2.05) is 24.3 Å². The summed E-state index contributed by atoms with van der Waals surface area (Å²) in [6.07, 6.45) is 9.16. The third kappa shape index (κ3) is 3.14. The second-order valence-corrected chi connectivity index (χ2v) is 7.79. The van der Waals surface area contributed by atoms with E-state index in [1.54, 1.807) is 18.1 Å². The van der Waals surface area contributed by atoms with Gasteiger partial charge in [-0.2, -0.15) is 0 Å². The van der Waals surface area contributed by atoms with Gasteiger partial charge in [-0.25, -0.2) is 9.97 Å². The largest absolute Gasteiger partial charge is 0.339 e. The molecule has 2 heterocycles. The molecule has 1 saturated heterocycles. The molecule has 4 nitrogen and oxygen atoms in total. The molecule has 1 aromatic carbocycles. The molecule has 5 heteroatoms. The smallest absolute Gasteiger partial charge is 0.233 e. The highest BCUT2D eigenvalue weighted by Gasteiger charge is 2.35. The van der Waals surface area contributed by atoms with Crippen LogP contribution in [0.25, 0.3) is 10.9 Å². The van der Waals surface area contributed by atoms with Crippen LogP contribution in [0, 0.1) is 5.92 Å². The van der Waals surface area contributed by atoms with Crippen LogP contribution >= 0.6 is 11.8 Å². The van der Waals surface area contributed by atoms with Gasteiger partial charge in [-0.1, -0.05) is 42.8 Å². The lowest BCUT2D eigenvalue weighted by Gasteiger charge is -2.44. The zero-order valence-electron chi connectivity index (χ0n) is 13.9. The van der Waals surface area contributed by atoms with E-state index in [0.717, 1.165) is 34.8 Å². The summed E-state index contributed by atoms with van der Waals surface area (Å²) in [4.78, 5) is 23.7. The summed E-state index contributed by atoms with van der Waals surface area (Å²) in [5.74, 6) is 1.49. The van der Waals surface area contributed by atoms with Crippen LogP contribution in [-0.4, -0.2) is 39.1 Å². The number of piperidine rings is 1. The van der Waals surface area contributed by atoms with Crippen LogP contribution in [0.15, 0.2) is 35.6 Å². The fourth-order valence-electron chi connectivity index (χ4n) is 4.24. The summed E-state index contributed by atoms with van der Waals surface area (Å²) in [5, 5.41) is 1.94. The van der Waals surface area contributed by atoms with Crippen LogP contribution in [0.2, 0.25) is 0 Å². The highest BCUT2D eigenvalue weighted by atomic mass is 32.2. The van der Waals surface area contributed by atoms with Gasteiger partial charge in [0.2, 0.25) is 5.91 Å². The number of rotatable bonds is 3. The van der Waals surface area contributed by atoms with Crippen LogP contribution in [0.5, 0.6) is 0 Å². The Morgan fingerprint density at radius 3 is 2.92 bits per heavy atom. The lowest BCUT2D eigenvalue weighted by molar-refractivity contribution is -0.134. The summed E-state index contributed by atoms with van der Waals surface area (Å²) >= 11 is 1.55. The van der Waals surface area contributed by atoms with Gasteiger partial charge in [-0.15, -0.1) is 0 Å². The van der Waals surface area contributed by atoms with Crippen molar-refractivity contribution in [2.75, 3.05) is 12.3 Å². The molecule has 4 rings (SSSR count). The second-order valence-electron chi connectivity index (χ2n) is 6.83. The first-order valence-electron chi connectivity index (χ1n) is 8.95. The number of carbonyl (C=O) groups excluding carboxylic acids is 1. The van der Waals surface area contributed by atoms with Gasteiger partial charge in [0.05, 0.1) is 11.3 Å². The van der Waals surface area contributed by atoms with Crippen molar-refractivity contribution in [1.82, 2.24) is 14.9 Å². The van der Waals surface area contributed by atoms with Crippen LogP contribution in [0.4, 0.5) is 0 Å². The molecule has 0 bridgehead atoms. The molecule has 24 heavy (non-hydrogen) atoms. The number of hydrogen-bond donors (Lipinski definition) is 0. The molecule has 126 valence electrons. The Labute approximate surface area is 147 Å². The molecular weight excluding hydrogens is 318 g/mol. The molecule has 1 aromatic heterocycles. The molecule has 0 unspecified atom stereocenters. The van der Waals surface area contributed by atoms with Crippen LogP contribution < -0.4 is 0 Å². The second kappa shape index (κ2) is 7.09. The Balaban J connectivity index is 1.46. The zero-order chi connectivity index (χ0) is 16.4. The number of aromatic nitrogens is 2. The number of thioether (sulfide) groups is 1. The van der Waals surface area contributed by atoms with E-state index in [9.17, 15) is 4.79 Å². The van der Waals surface area contributed by atoms with E-state index in [-0.39, 0.29) is 5.91 Å². The van der Waals surface area contributed by atoms with Gasteiger partial charge >= 0.3 is 0 Å². The molecule has 1 aliphatic carbocycles. The van der Waals surface area contributed by atoms with E-state index < -0.39 is 0 Å². The highest BCUT2D eigenvalue weighted by molar-refractivity contribution is 8.00. The maximum Gasteiger partial charge on any atom is 0.233 e. The van der Waals surface area contributed by atoms with Crippen molar-refractivity contribution < 1.29 is 4.79 Å². The maximum absolute atomic E-state index is 12.8. The Hall–Kier alpha value is -1.62. The van der Waals surface area contributed by atoms with Crippen molar-refractivity contribution in [3.05, 3.63) is 30.6 Å². The van der Waals surface area contributed by atoms with E-state index >= 15 is 0 Å². The number of carbonyl (C=O) groups is 1. The summed E-state index contributed by atoms with van der Waals surface area (Å²) < 4.78 is 0. The fraction of sp³-hybridized carbons (Fsp3) is 0.526. The lowest BCUT2D eigenvalue weighted by atomic mass is 9.78. The first-order valence-corrected chi connectivity index (χ1v) is 9.93. The van der Waals surface area contributed by atoms with Crippen LogP contribution in [-0.2, 0) is 4.79 Å². The van der Waals surface area contributed by atoms with Crippen LogP contribution in [0.3, 0.4) is 0 Å². The number of fused-ring (bicyclic) bond motifs is 2. The first kappa shape index (κ1) is 15.9. The average Bonchev–Trinajstić information content (AvgIpc) is 2.65. The molecular formula is C19H23N3OS. The third-order valence-electron chi connectivity index (χ3n) is 5.40. The average molecular weight is 341 g/mol. The molecule has 1 amide bonds. The summed E-state index contributed by atoms with van der Waals surface area (Å²) in [5.41, 5.74) is 0.938. The molecule has 0 N–H and O–H groups in total. The topological polar surface area (TPSA) is 46.1 Å². The minimum atomic E-state index is 0.277. The van der Waals surface area contributed by atoms with Gasteiger partial charge < -0.3 is 4.90 Å². The third-order valence-corrected chi connectivity index (χ3v) is 6.39. The van der Waals surface area contributed by atoms with Crippen molar-refractivity contribution in [1.29, 1.82) is 0 Å². The molecule has 0 spiro atoms. The Morgan fingerprint density at radius 2 is 1.96 bits per heavy atom. The van der Waals surface area contributed by atoms with E-state index in [2.05, 4.69) is 14.9 Å². The minimum Gasteiger partial charge on any atom is -0.339 e. The molecule has 2 fully saturated rings. The molecule has 1 aliphatic heterocycles.